The van der Waals surface area contributed by atoms with Crippen LogP contribution in [0.3, 0.4) is 0 Å². The molecule has 4 nitrogen and oxygen atoms in total. The highest BCUT2D eigenvalue weighted by atomic mass is 16.5. The molecular formula is C14H19NO3. The molecule has 0 saturated carbocycles. The third-order valence-corrected chi connectivity index (χ3v) is 2.41. The van der Waals surface area contributed by atoms with E-state index in [4.69, 9.17) is 15.2 Å². The number of carbonyl (C=O) groups excluding carboxylic acids is 1. The number of carbonyl (C=O) groups is 1. The van der Waals surface area contributed by atoms with Crippen molar-refractivity contribution in [3.8, 4) is 5.75 Å². The van der Waals surface area contributed by atoms with Crippen molar-refractivity contribution in [3.05, 3.63) is 36.4 Å². The van der Waals surface area contributed by atoms with Gasteiger partial charge in [0.05, 0.1) is 13.2 Å². The van der Waals surface area contributed by atoms with Crippen molar-refractivity contribution in [2.75, 3.05) is 18.9 Å². The van der Waals surface area contributed by atoms with Gasteiger partial charge in [-0.2, -0.15) is 0 Å². The fourth-order valence-corrected chi connectivity index (χ4v) is 1.45. The van der Waals surface area contributed by atoms with E-state index in [1.165, 1.54) is 0 Å². The summed E-state index contributed by atoms with van der Waals surface area (Å²) in [5.74, 6) is 0.456. The predicted molar refractivity (Wildman–Crippen MR) is 71.5 cm³/mol. The number of anilines is 1. The molecule has 0 spiro atoms. The zero-order chi connectivity index (χ0) is 13.4. The number of hydrogen-bond acceptors (Lipinski definition) is 4. The van der Waals surface area contributed by atoms with Gasteiger partial charge in [-0.1, -0.05) is 6.58 Å². The lowest BCUT2D eigenvalue weighted by atomic mass is 10.2. The molecule has 0 aliphatic rings. The molecule has 1 rings (SSSR count). The molecular weight excluding hydrogens is 230 g/mol. The SMILES string of the molecule is C=CC(=O)OCCCCOc1ccc(N)cc1C. The average molecular weight is 249 g/mol. The van der Waals surface area contributed by atoms with Crippen LogP contribution in [0.4, 0.5) is 5.69 Å². The van der Waals surface area contributed by atoms with E-state index in [0.29, 0.717) is 13.2 Å². The Labute approximate surface area is 107 Å². The lowest BCUT2D eigenvalue weighted by Gasteiger charge is -2.09. The van der Waals surface area contributed by atoms with Crippen molar-refractivity contribution >= 4 is 11.7 Å². The van der Waals surface area contributed by atoms with Gasteiger partial charge in [0.25, 0.3) is 0 Å². The van der Waals surface area contributed by atoms with Gasteiger partial charge in [0.15, 0.2) is 0 Å². The van der Waals surface area contributed by atoms with Crippen molar-refractivity contribution in [1.82, 2.24) is 0 Å². The lowest BCUT2D eigenvalue weighted by molar-refractivity contribution is -0.137. The number of esters is 1. The van der Waals surface area contributed by atoms with Gasteiger partial charge in [-0.3, -0.25) is 0 Å². The molecule has 4 heteroatoms. The Morgan fingerprint density at radius 1 is 1.39 bits per heavy atom. The number of nitrogen functional groups attached to an aromatic ring is 1. The van der Waals surface area contributed by atoms with Crippen molar-refractivity contribution in [2.24, 2.45) is 0 Å². The van der Waals surface area contributed by atoms with Gasteiger partial charge in [0, 0.05) is 11.8 Å². The summed E-state index contributed by atoms with van der Waals surface area (Å²) in [4.78, 5) is 10.8. The zero-order valence-electron chi connectivity index (χ0n) is 10.6. The largest absolute Gasteiger partial charge is 0.493 e. The van der Waals surface area contributed by atoms with Crippen LogP contribution < -0.4 is 10.5 Å². The maximum absolute atomic E-state index is 10.8. The van der Waals surface area contributed by atoms with Gasteiger partial charge >= 0.3 is 5.97 Å². The van der Waals surface area contributed by atoms with E-state index in [9.17, 15) is 4.79 Å². The number of nitrogens with two attached hydrogens (primary N) is 1. The Balaban J connectivity index is 2.18. The standard InChI is InChI=1S/C14H19NO3/c1-3-14(16)18-9-5-4-8-17-13-7-6-12(15)10-11(13)2/h3,6-7,10H,1,4-5,8-9,15H2,2H3. The van der Waals surface area contributed by atoms with Crippen molar-refractivity contribution in [2.45, 2.75) is 19.8 Å². The maximum atomic E-state index is 10.8. The first-order valence-corrected chi connectivity index (χ1v) is 5.91. The smallest absolute Gasteiger partial charge is 0.330 e. The summed E-state index contributed by atoms with van der Waals surface area (Å²) in [6.07, 6.45) is 2.76. The van der Waals surface area contributed by atoms with Crippen molar-refractivity contribution < 1.29 is 14.3 Å². The Morgan fingerprint density at radius 2 is 2.11 bits per heavy atom. The summed E-state index contributed by atoms with van der Waals surface area (Å²) in [6, 6.07) is 5.55. The summed E-state index contributed by atoms with van der Waals surface area (Å²) in [7, 11) is 0. The normalized spacial score (nSPS) is 9.83. The van der Waals surface area contributed by atoms with Crippen LogP contribution in [-0.4, -0.2) is 19.2 Å². The maximum Gasteiger partial charge on any atom is 0.330 e. The van der Waals surface area contributed by atoms with Gasteiger partial charge in [-0.25, -0.2) is 4.79 Å². The molecule has 0 bridgehead atoms. The topological polar surface area (TPSA) is 61.5 Å². The fraction of sp³-hybridized carbons (Fsp3) is 0.357. The van der Waals surface area contributed by atoms with Gasteiger partial charge < -0.3 is 15.2 Å². The fourth-order valence-electron chi connectivity index (χ4n) is 1.45. The molecule has 0 radical (unpaired) electrons. The van der Waals surface area contributed by atoms with Gasteiger partial charge in [0.1, 0.15) is 5.75 Å². The Morgan fingerprint density at radius 3 is 2.78 bits per heavy atom. The first-order chi connectivity index (χ1) is 8.63. The molecule has 1 aromatic carbocycles. The quantitative estimate of drug-likeness (QED) is 0.349. The Hall–Kier alpha value is -1.97. The molecule has 0 aromatic heterocycles. The summed E-state index contributed by atoms with van der Waals surface area (Å²) >= 11 is 0. The third-order valence-electron chi connectivity index (χ3n) is 2.41. The van der Waals surface area contributed by atoms with Crippen molar-refractivity contribution in [3.63, 3.8) is 0 Å². The number of hydrogen-bond donors (Lipinski definition) is 1. The van der Waals surface area contributed by atoms with Crippen LogP contribution in [0.1, 0.15) is 18.4 Å². The lowest BCUT2D eigenvalue weighted by Crippen LogP contribution is -2.05. The first-order valence-electron chi connectivity index (χ1n) is 5.91. The molecule has 0 atom stereocenters. The summed E-state index contributed by atoms with van der Waals surface area (Å²) < 4.78 is 10.5. The molecule has 18 heavy (non-hydrogen) atoms. The predicted octanol–water partition coefficient (Wildman–Crippen LogP) is 2.47. The van der Waals surface area contributed by atoms with Gasteiger partial charge in [-0.05, 0) is 43.5 Å². The van der Waals surface area contributed by atoms with Crippen LogP contribution in [0.15, 0.2) is 30.9 Å². The highest BCUT2D eigenvalue weighted by Crippen LogP contribution is 2.20. The number of ether oxygens (including phenoxy) is 2. The molecule has 0 fully saturated rings. The minimum atomic E-state index is -0.384. The van der Waals surface area contributed by atoms with E-state index < -0.39 is 0 Å². The highest BCUT2D eigenvalue weighted by Gasteiger charge is 2.00. The summed E-state index contributed by atoms with van der Waals surface area (Å²) in [5.41, 5.74) is 7.41. The number of aryl methyl sites for hydroxylation is 1. The molecule has 0 aliphatic carbocycles. The third kappa shape index (κ3) is 4.91. The van der Waals surface area contributed by atoms with Crippen LogP contribution in [0.2, 0.25) is 0 Å². The Bertz CT molecular complexity index is 416. The van der Waals surface area contributed by atoms with E-state index in [2.05, 4.69) is 6.58 Å². The van der Waals surface area contributed by atoms with Crippen molar-refractivity contribution in [1.29, 1.82) is 0 Å². The average Bonchev–Trinajstić information content (AvgIpc) is 2.35. The van der Waals surface area contributed by atoms with E-state index in [1.807, 2.05) is 25.1 Å². The number of unbranched alkanes of at least 4 members (excludes halogenated alkanes) is 1. The molecule has 0 heterocycles. The minimum absolute atomic E-state index is 0.384. The molecule has 2 N–H and O–H groups in total. The van der Waals surface area contributed by atoms with Crippen LogP contribution in [0, 0.1) is 6.92 Å². The van der Waals surface area contributed by atoms with Crippen LogP contribution in [0.5, 0.6) is 5.75 Å². The second-order valence-corrected chi connectivity index (χ2v) is 3.95. The monoisotopic (exact) mass is 249 g/mol. The molecule has 0 amide bonds. The van der Waals surface area contributed by atoms with E-state index >= 15 is 0 Å². The minimum Gasteiger partial charge on any atom is -0.493 e. The van der Waals surface area contributed by atoms with Crippen LogP contribution in [0.25, 0.3) is 0 Å². The second kappa shape index (κ2) is 7.37. The van der Waals surface area contributed by atoms with E-state index in [-0.39, 0.29) is 5.97 Å². The molecule has 98 valence electrons. The first kappa shape index (κ1) is 14.1. The van der Waals surface area contributed by atoms with E-state index in [0.717, 1.165) is 35.9 Å². The second-order valence-electron chi connectivity index (χ2n) is 3.95. The van der Waals surface area contributed by atoms with Gasteiger partial charge in [0.2, 0.25) is 0 Å². The van der Waals surface area contributed by atoms with Crippen LogP contribution in [-0.2, 0) is 9.53 Å². The highest BCUT2D eigenvalue weighted by molar-refractivity contribution is 5.81. The summed E-state index contributed by atoms with van der Waals surface area (Å²) in [5, 5.41) is 0. The zero-order valence-corrected chi connectivity index (χ0v) is 10.6. The number of benzene rings is 1. The molecule has 1 aromatic rings. The summed E-state index contributed by atoms with van der Waals surface area (Å²) in [6.45, 7) is 6.27. The molecule has 0 unspecified atom stereocenters. The molecule has 0 aliphatic heterocycles. The Kier molecular flexibility index (Phi) is 5.77. The van der Waals surface area contributed by atoms with E-state index in [1.54, 1.807) is 0 Å². The van der Waals surface area contributed by atoms with Gasteiger partial charge in [-0.15, -0.1) is 0 Å². The number of rotatable bonds is 7. The molecule has 0 saturated heterocycles. The van der Waals surface area contributed by atoms with Crippen LogP contribution >= 0.6 is 0 Å².